The monoisotopic (exact) mass is 266 g/mol. The zero-order chi connectivity index (χ0) is 13.4. The van der Waals surface area contributed by atoms with Gasteiger partial charge in [0, 0.05) is 19.1 Å². The lowest BCUT2D eigenvalue weighted by Crippen LogP contribution is -2.25. The van der Waals surface area contributed by atoms with Gasteiger partial charge in [-0.2, -0.15) is 0 Å². The summed E-state index contributed by atoms with van der Waals surface area (Å²) in [6.07, 6.45) is 0.845. The van der Waals surface area contributed by atoms with Crippen molar-refractivity contribution in [2.75, 3.05) is 19.6 Å². The first-order valence-electron chi connectivity index (χ1n) is 5.90. The van der Waals surface area contributed by atoms with E-state index in [2.05, 4.69) is 11.8 Å². The van der Waals surface area contributed by atoms with Gasteiger partial charge < -0.3 is 9.47 Å². The molecule has 0 radical (unpaired) electrons. The second kappa shape index (κ2) is 7.31. The Morgan fingerprint density at radius 1 is 1.22 bits per heavy atom. The Morgan fingerprint density at radius 2 is 1.89 bits per heavy atom. The van der Waals surface area contributed by atoms with Crippen molar-refractivity contribution in [1.82, 2.24) is 0 Å². The number of ether oxygens (including phenoxy) is 2. The van der Waals surface area contributed by atoms with E-state index in [1.165, 1.54) is 0 Å². The molecule has 0 aliphatic rings. The lowest BCUT2D eigenvalue weighted by Gasteiger charge is -2.22. The largest absolute Gasteiger partial charge is 0.493 e. The molecule has 18 heavy (non-hydrogen) atoms. The van der Waals surface area contributed by atoms with Gasteiger partial charge >= 0.3 is 0 Å². The highest BCUT2D eigenvalue weighted by atomic mass is 35.5. The molecule has 0 N–H and O–H groups in total. The summed E-state index contributed by atoms with van der Waals surface area (Å²) in [5.74, 6) is 6.96. The van der Waals surface area contributed by atoms with Crippen LogP contribution in [-0.2, 0) is 4.74 Å². The molecule has 0 fully saturated rings. The SMILES string of the molecule is COC(C)(C)CCOc1ccc(C#CCCl)cc1. The lowest BCUT2D eigenvalue weighted by molar-refractivity contribution is 0.00546. The van der Waals surface area contributed by atoms with Crippen LogP contribution in [0.2, 0.25) is 0 Å². The average Bonchev–Trinajstić information content (AvgIpc) is 2.38. The minimum atomic E-state index is -0.147. The predicted octanol–water partition coefficient (Wildman–Crippen LogP) is 3.47. The Labute approximate surface area is 114 Å². The molecule has 1 aromatic carbocycles. The van der Waals surface area contributed by atoms with Crippen LogP contribution in [0.5, 0.6) is 5.75 Å². The number of hydrogen-bond acceptors (Lipinski definition) is 2. The van der Waals surface area contributed by atoms with Gasteiger partial charge in [-0.25, -0.2) is 0 Å². The Kier molecular flexibility index (Phi) is 6.04. The van der Waals surface area contributed by atoms with E-state index >= 15 is 0 Å². The molecule has 0 unspecified atom stereocenters. The highest BCUT2D eigenvalue weighted by Crippen LogP contribution is 2.16. The van der Waals surface area contributed by atoms with Gasteiger partial charge in [0.05, 0.1) is 18.1 Å². The van der Waals surface area contributed by atoms with Crippen molar-refractivity contribution in [1.29, 1.82) is 0 Å². The molecule has 2 nitrogen and oxygen atoms in total. The van der Waals surface area contributed by atoms with Crippen molar-refractivity contribution in [3.63, 3.8) is 0 Å². The van der Waals surface area contributed by atoms with Gasteiger partial charge in [0.15, 0.2) is 0 Å². The molecule has 0 bridgehead atoms. The standard InChI is InChI=1S/C15H19ClO2/c1-15(2,17-3)10-12-18-14-8-6-13(7-9-14)5-4-11-16/h6-9H,10-12H2,1-3H3. The molecule has 0 saturated heterocycles. The van der Waals surface area contributed by atoms with Crippen LogP contribution in [-0.4, -0.2) is 25.2 Å². The van der Waals surface area contributed by atoms with Crippen molar-refractivity contribution in [2.24, 2.45) is 0 Å². The van der Waals surface area contributed by atoms with Crippen LogP contribution in [0.15, 0.2) is 24.3 Å². The van der Waals surface area contributed by atoms with Crippen LogP contribution in [0.1, 0.15) is 25.8 Å². The van der Waals surface area contributed by atoms with Crippen molar-refractivity contribution in [3.05, 3.63) is 29.8 Å². The quantitative estimate of drug-likeness (QED) is 0.600. The first kappa shape index (κ1) is 14.9. The Balaban J connectivity index is 2.44. The predicted molar refractivity (Wildman–Crippen MR) is 75.2 cm³/mol. The molecule has 0 atom stereocenters. The van der Waals surface area contributed by atoms with Crippen molar-refractivity contribution in [3.8, 4) is 17.6 Å². The van der Waals surface area contributed by atoms with E-state index in [0.717, 1.165) is 17.7 Å². The van der Waals surface area contributed by atoms with Crippen LogP contribution in [0.25, 0.3) is 0 Å². The first-order chi connectivity index (χ1) is 8.57. The topological polar surface area (TPSA) is 18.5 Å². The Bertz CT molecular complexity index is 412. The van der Waals surface area contributed by atoms with Gasteiger partial charge in [0.25, 0.3) is 0 Å². The van der Waals surface area contributed by atoms with Gasteiger partial charge in [-0.3, -0.25) is 0 Å². The maximum absolute atomic E-state index is 5.65. The fourth-order valence-corrected chi connectivity index (χ4v) is 1.35. The summed E-state index contributed by atoms with van der Waals surface area (Å²) in [5.41, 5.74) is 0.798. The highest BCUT2D eigenvalue weighted by molar-refractivity contribution is 6.19. The number of halogens is 1. The maximum Gasteiger partial charge on any atom is 0.119 e. The molecule has 0 amide bonds. The molecule has 1 rings (SSSR count). The Morgan fingerprint density at radius 3 is 2.44 bits per heavy atom. The zero-order valence-corrected chi connectivity index (χ0v) is 11.9. The van der Waals surface area contributed by atoms with E-state index in [1.807, 2.05) is 38.1 Å². The van der Waals surface area contributed by atoms with E-state index in [1.54, 1.807) is 7.11 Å². The summed E-state index contributed by atoms with van der Waals surface area (Å²) in [6.45, 7) is 4.72. The third-order valence-electron chi connectivity index (χ3n) is 2.68. The van der Waals surface area contributed by atoms with Crippen LogP contribution >= 0.6 is 11.6 Å². The van der Waals surface area contributed by atoms with Crippen LogP contribution in [0.4, 0.5) is 0 Å². The second-order valence-electron chi connectivity index (χ2n) is 4.52. The fourth-order valence-electron chi connectivity index (χ4n) is 1.29. The average molecular weight is 267 g/mol. The van der Waals surface area contributed by atoms with E-state index in [9.17, 15) is 0 Å². The molecule has 0 spiro atoms. The van der Waals surface area contributed by atoms with Crippen LogP contribution in [0.3, 0.4) is 0 Å². The summed E-state index contributed by atoms with van der Waals surface area (Å²) in [5, 5.41) is 0. The normalized spacial score (nSPS) is 10.7. The molecule has 0 aliphatic heterocycles. The van der Waals surface area contributed by atoms with E-state index in [4.69, 9.17) is 21.1 Å². The van der Waals surface area contributed by atoms with Gasteiger partial charge in [-0.15, -0.1) is 11.6 Å². The minimum absolute atomic E-state index is 0.147. The molecular weight excluding hydrogens is 248 g/mol. The number of alkyl halides is 1. The zero-order valence-electron chi connectivity index (χ0n) is 11.1. The summed E-state index contributed by atoms with van der Waals surface area (Å²) >= 11 is 5.50. The molecule has 0 heterocycles. The number of benzene rings is 1. The van der Waals surface area contributed by atoms with Crippen LogP contribution < -0.4 is 4.74 Å². The molecule has 98 valence electrons. The van der Waals surface area contributed by atoms with E-state index in [-0.39, 0.29) is 5.60 Å². The fraction of sp³-hybridized carbons (Fsp3) is 0.467. The van der Waals surface area contributed by atoms with Gasteiger partial charge in [0.1, 0.15) is 5.75 Å². The van der Waals surface area contributed by atoms with E-state index < -0.39 is 0 Å². The highest BCUT2D eigenvalue weighted by Gasteiger charge is 2.15. The maximum atomic E-state index is 5.65. The van der Waals surface area contributed by atoms with Gasteiger partial charge in [0.2, 0.25) is 0 Å². The number of methoxy groups -OCH3 is 1. The van der Waals surface area contributed by atoms with Crippen LogP contribution in [0, 0.1) is 11.8 Å². The first-order valence-corrected chi connectivity index (χ1v) is 6.44. The molecule has 3 heteroatoms. The third kappa shape index (κ3) is 5.44. The Hall–Kier alpha value is -1.17. The summed E-state index contributed by atoms with van der Waals surface area (Å²) in [7, 11) is 1.71. The number of rotatable bonds is 5. The van der Waals surface area contributed by atoms with Crippen molar-refractivity contribution < 1.29 is 9.47 Å². The smallest absolute Gasteiger partial charge is 0.119 e. The van der Waals surface area contributed by atoms with Gasteiger partial charge in [-0.05, 0) is 38.1 Å². The summed E-state index contributed by atoms with van der Waals surface area (Å²) in [6, 6.07) is 7.68. The summed E-state index contributed by atoms with van der Waals surface area (Å²) < 4.78 is 11.0. The molecular formula is C15H19ClO2. The molecule has 1 aromatic rings. The lowest BCUT2D eigenvalue weighted by atomic mass is 10.1. The minimum Gasteiger partial charge on any atom is -0.493 e. The van der Waals surface area contributed by atoms with E-state index in [0.29, 0.717) is 12.5 Å². The van der Waals surface area contributed by atoms with Gasteiger partial charge in [-0.1, -0.05) is 11.8 Å². The molecule has 0 saturated carbocycles. The molecule has 0 aliphatic carbocycles. The molecule has 0 aromatic heterocycles. The summed E-state index contributed by atoms with van der Waals surface area (Å²) in [4.78, 5) is 0. The van der Waals surface area contributed by atoms with Crippen molar-refractivity contribution in [2.45, 2.75) is 25.9 Å². The number of hydrogen-bond donors (Lipinski definition) is 0. The van der Waals surface area contributed by atoms with Crippen molar-refractivity contribution >= 4 is 11.6 Å². The third-order valence-corrected chi connectivity index (χ3v) is 2.81. The second-order valence-corrected chi connectivity index (χ2v) is 4.79.